The summed E-state index contributed by atoms with van der Waals surface area (Å²) in [4.78, 5) is 12.8. The molecule has 5 heteroatoms. The Bertz CT molecular complexity index is 903. The van der Waals surface area contributed by atoms with Gasteiger partial charge in [-0.05, 0) is 31.0 Å². The minimum Gasteiger partial charge on any atom is -0.497 e. The molecule has 0 aliphatic carbocycles. The Hall–Kier alpha value is -3.08. The van der Waals surface area contributed by atoms with Gasteiger partial charge in [-0.25, -0.2) is 0 Å². The first-order valence-electron chi connectivity index (χ1n) is 9.17. The van der Waals surface area contributed by atoms with Crippen molar-refractivity contribution < 1.29 is 9.53 Å². The Kier molecular flexibility index (Phi) is 5.91. The molecule has 0 spiro atoms. The molecule has 1 aromatic heterocycles. The van der Waals surface area contributed by atoms with E-state index in [4.69, 9.17) is 9.84 Å². The summed E-state index contributed by atoms with van der Waals surface area (Å²) < 4.78 is 7.14. The molecule has 0 saturated carbocycles. The smallest absolute Gasteiger partial charge is 0.255 e. The van der Waals surface area contributed by atoms with Crippen LogP contribution < -0.4 is 10.1 Å². The number of nitrogens with zero attached hydrogens (tertiary/aromatic N) is 2. The molecule has 0 bridgehead atoms. The van der Waals surface area contributed by atoms with Crippen LogP contribution >= 0.6 is 0 Å². The first kappa shape index (κ1) is 18.7. The molecule has 0 aliphatic heterocycles. The Labute approximate surface area is 160 Å². The lowest BCUT2D eigenvalue weighted by Gasteiger charge is -2.11. The van der Waals surface area contributed by atoms with E-state index < -0.39 is 0 Å². The van der Waals surface area contributed by atoms with E-state index in [-0.39, 0.29) is 11.9 Å². The third kappa shape index (κ3) is 4.56. The lowest BCUT2D eigenvalue weighted by molar-refractivity contribution is 0.0940. The van der Waals surface area contributed by atoms with E-state index in [1.165, 1.54) is 0 Å². The van der Waals surface area contributed by atoms with Crippen LogP contribution in [-0.4, -0.2) is 28.8 Å². The van der Waals surface area contributed by atoms with Gasteiger partial charge in [0.2, 0.25) is 0 Å². The van der Waals surface area contributed by atoms with E-state index in [1.807, 2.05) is 79.3 Å². The molecule has 27 heavy (non-hydrogen) atoms. The van der Waals surface area contributed by atoms with Gasteiger partial charge in [-0.3, -0.25) is 9.48 Å². The van der Waals surface area contributed by atoms with Gasteiger partial charge in [0.25, 0.3) is 5.91 Å². The van der Waals surface area contributed by atoms with Crippen LogP contribution in [0.1, 0.15) is 36.2 Å². The summed E-state index contributed by atoms with van der Waals surface area (Å²) in [6, 6.07) is 17.8. The van der Waals surface area contributed by atoms with Gasteiger partial charge >= 0.3 is 0 Å². The van der Waals surface area contributed by atoms with Crippen molar-refractivity contribution in [3.63, 3.8) is 0 Å². The molecule has 0 aliphatic rings. The fraction of sp³-hybridized carbons (Fsp3) is 0.273. The summed E-state index contributed by atoms with van der Waals surface area (Å²) in [7, 11) is 1.63. The number of hydrogen-bond acceptors (Lipinski definition) is 3. The second kappa shape index (κ2) is 8.54. The second-order valence-corrected chi connectivity index (χ2v) is 6.59. The maximum absolute atomic E-state index is 12.8. The first-order chi connectivity index (χ1) is 13.1. The van der Waals surface area contributed by atoms with Crippen LogP contribution in [0, 0.1) is 0 Å². The first-order valence-corrected chi connectivity index (χ1v) is 9.17. The largest absolute Gasteiger partial charge is 0.497 e. The fourth-order valence-electron chi connectivity index (χ4n) is 2.83. The summed E-state index contributed by atoms with van der Waals surface area (Å²) >= 11 is 0. The number of methoxy groups -OCH3 is 1. The predicted octanol–water partition coefficient (Wildman–Crippen LogP) is 4.14. The van der Waals surface area contributed by atoms with E-state index in [0.29, 0.717) is 17.8 Å². The number of aromatic nitrogens is 2. The molecule has 0 saturated heterocycles. The Balaban J connectivity index is 1.99. The Morgan fingerprint density at radius 2 is 1.96 bits per heavy atom. The third-order valence-corrected chi connectivity index (χ3v) is 4.53. The number of carbonyl (C=O) groups is 1. The fourth-order valence-corrected chi connectivity index (χ4v) is 2.83. The maximum atomic E-state index is 12.8. The van der Waals surface area contributed by atoms with E-state index in [0.717, 1.165) is 23.3 Å². The zero-order valence-electron chi connectivity index (χ0n) is 16.0. The molecule has 1 heterocycles. The molecular weight excluding hydrogens is 338 g/mol. The molecule has 1 atom stereocenters. The molecule has 5 nitrogen and oxygen atoms in total. The quantitative estimate of drug-likeness (QED) is 0.686. The number of nitrogens with one attached hydrogen (secondary N) is 1. The standard InChI is InChI=1S/C22H25N3O2/c1-4-16(2)23-22(26)20-15-25(14-17-9-6-5-7-10-17)24-21(20)18-11-8-12-19(13-18)27-3/h5-13,15-16H,4,14H2,1-3H3,(H,23,26). The summed E-state index contributed by atoms with van der Waals surface area (Å²) in [5.74, 6) is 0.625. The average molecular weight is 363 g/mol. The minimum absolute atomic E-state index is 0.105. The normalized spacial score (nSPS) is 11.8. The molecule has 1 N–H and O–H groups in total. The lowest BCUT2D eigenvalue weighted by atomic mass is 10.1. The molecule has 3 rings (SSSR count). The zero-order valence-corrected chi connectivity index (χ0v) is 16.0. The van der Waals surface area contributed by atoms with Crippen LogP contribution in [-0.2, 0) is 6.54 Å². The van der Waals surface area contributed by atoms with Crippen molar-refractivity contribution in [3.05, 3.63) is 71.9 Å². The van der Waals surface area contributed by atoms with Crippen LogP contribution in [0.25, 0.3) is 11.3 Å². The van der Waals surface area contributed by atoms with Crippen LogP contribution in [0.4, 0.5) is 0 Å². The molecule has 1 unspecified atom stereocenters. The molecule has 0 radical (unpaired) electrons. The van der Waals surface area contributed by atoms with Gasteiger partial charge in [0, 0.05) is 17.8 Å². The van der Waals surface area contributed by atoms with E-state index >= 15 is 0 Å². The van der Waals surface area contributed by atoms with Gasteiger partial charge < -0.3 is 10.1 Å². The van der Waals surface area contributed by atoms with Crippen molar-refractivity contribution in [2.45, 2.75) is 32.9 Å². The highest BCUT2D eigenvalue weighted by atomic mass is 16.5. The number of carbonyl (C=O) groups excluding carboxylic acids is 1. The van der Waals surface area contributed by atoms with Crippen molar-refractivity contribution in [3.8, 4) is 17.0 Å². The monoisotopic (exact) mass is 363 g/mol. The van der Waals surface area contributed by atoms with Crippen molar-refractivity contribution in [2.24, 2.45) is 0 Å². The maximum Gasteiger partial charge on any atom is 0.255 e. The second-order valence-electron chi connectivity index (χ2n) is 6.59. The van der Waals surface area contributed by atoms with Gasteiger partial charge in [-0.2, -0.15) is 5.10 Å². The zero-order chi connectivity index (χ0) is 19.2. The van der Waals surface area contributed by atoms with Crippen LogP contribution in [0.2, 0.25) is 0 Å². The highest BCUT2D eigenvalue weighted by Gasteiger charge is 2.19. The van der Waals surface area contributed by atoms with Crippen molar-refractivity contribution >= 4 is 5.91 Å². The highest BCUT2D eigenvalue weighted by molar-refractivity contribution is 6.00. The molecule has 1 amide bonds. The molecule has 0 fully saturated rings. The summed E-state index contributed by atoms with van der Waals surface area (Å²) in [6.45, 7) is 4.65. The van der Waals surface area contributed by atoms with Crippen LogP contribution in [0.15, 0.2) is 60.8 Å². The number of benzene rings is 2. The van der Waals surface area contributed by atoms with Crippen LogP contribution in [0.5, 0.6) is 5.75 Å². The number of rotatable bonds is 7. The van der Waals surface area contributed by atoms with Crippen molar-refractivity contribution in [1.82, 2.24) is 15.1 Å². The topological polar surface area (TPSA) is 56.2 Å². The van der Waals surface area contributed by atoms with E-state index in [2.05, 4.69) is 5.32 Å². The Morgan fingerprint density at radius 3 is 2.67 bits per heavy atom. The molecule has 3 aromatic rings. The minimum atomic E-state index is -0.110. The van der Waals surface area contributed by atoms with Crippen LogP contribution in [0.3, 0.4) is 0 Å². The lowest BCUT2D eigenvalue weighted by Crippen LogP contribution is -2.32. The molecule has 2 aromatic carbocycles. The SMILES string of the molecule is CCC(C)NC(=O)c1cn(Cc2ccccc2)nc1-c1cccc(OC)c1. The number of ether oxygens (including phenoxy) is 1. The highest BCUT2D eigenvalue weighted by Crippen LogP contribution is 2.26. The van der Waals surface area contributed by atoms with Gasteiger partial charge in [-0.15, -0.1) is 0 Å². The third-order valence-electron chi connectivity index (χ3n) is 4.53. The van der Waals surface area contributed by atoms with Gasteiger partial charge in [0.05, 0.1) is 19.2 Å². The molecule has 140 valence electrons. The Morgan fingerprint density at radius 1 is 1.19 bits per heavy atom. The van der Waals surface area contributed by atoms with E-state index in [1.54, 1.807) is 7.11 Å². The predicted molar refractivity (Wildman–Crippen MR) is 107 cm³/mol. The van der Waals surface area contributed by atoms with E-state index in [9.17, 15) is 4.79 Å². The summed E-state index contributed by atoms with van der Waals surface area (Å²) in [5, 5.41) is 7.74. The van der Waals surface area contributed by atoms with Gasteiger partial charge in [0.15, 0.2) is 0 Å². The van der Waals surface area contributed by atoms with Crippen molar-refractivity contribution in [1.29, 1.82) is 0 Å². The average Bonchev–Trinajstić information content (AvgIpc) is 3.12. The van der Waals surface area contributed by atoms with Crippen molar-refractivity contribution in [2.75, 3.05) is 7.11 Å². The molecular formula is C22H25N3O2. The summed E-state index contributed by atoms with van der Waals surface area (Å²) in [6.07, 6.45) is 2.69. The van der Waals surface area contributed by atoms with Gasteiger partial charge in [-0.1, -0.05) is 49.4 Å². The summed E-state index contributed by atoms with van der Waals surface area (Å²) in [5.41, 5.74) is 3.21. The number of amides is 1. The number of hydrogen-bond donors (Lipinski definition) is 1. The van der Waals surface area contributed by atoms with Gasteiger partial charge in [0.1, 0.15) is 11.4 Å².